The number of ether oxygens (including phenoxy) is 2. The molecule has 2 aliphatic rings. The van der Waals surface area contributed by atoms with Crippen LogP contribution >= 0.6 is 36.4 Å². The highest BCUT2D eigenvalue weighted by molar-refractivity contribution is 6.33. The third-order valence-electron chi connectivity index (χ3n) is 7.95. The minimum Gasteiger partial charge on any atom is -0.507 e. The number of nitrogens with zero attached hydrogens (tertiary/aromatic N) is 1. The van der Waals surface area contributed by atoms with E-state index in [4.69, 9.17) is 25.5 Å². The van der Waals surface area contributed by atoms with Gasteiger partial charge in [-0.2, -0.15) is 0 Å². The lowest BCUT2D eigenvalue weighted by Gasteiger charge is -2.38. The number of likely N-dealkylation sites (N-methyl/N-ethyl adjacent to an activating group) is 1. The number of likely N-dealkylation sites (tertiary alicyclic amines) is 1. The molecule has 0 aliphatic carbocycles. The van der Waals surface area contributed by atoms with E-state index in [1.54, 1.807) is 24.3 Å². The van der Waals surface area contributed by atoms with Crippen LogP contribution in [0.1, 0.15) is 31.2 Å². The molecule has 3 aromatic rings. The number of benzene rings is 2. The summed E-state index contributed by atoms with van der Waals surface area (Å²) in [5.41, 5.74) is 0.300. The van der Waals surface area contributed by atoms with Crippen molar-refractivity contribution in [3.8, 4) is 22.8 Å². The van der Waals surface area contributed by atoms with Crippen molar-refractivity contribution in [3.05, 3.63) is 57.2 Å². The molecule has 234 valence electrons. The zero-order valence-electron chi connectivity index (χ0n) is 23.7. The highest BCUT2D eigenvalue weighted by Gasteiger charge is 2.40. The number of hydrogen-bond donors (Lipinski definition) is 3. The standard InChI is InChI=1S/C30H33ClN2O8.2ClH/c1-16(34)39-15-17-13-32-9-7-18(17)30(38)41-26-14-33(2)10-8-20(26)27-22(35)11-23(36)28-24(37)12-25(40-29(27)28)19-5-3-4-6-21(19)31;;/h3-6,11-12,17-18,20,26,32,35-36H,7-10,13-15H2,1-2H3;2*1H/t17?,18?,20-,26+;;/m0../s1. The first-order chi connectivity index (χ1) is 19.6. The number of carbonyl (C=O) groups excluding carboxylic acids is 2. The maximum absolute atomic E-state index is 13.5. The molecule has 2 saturated heterocycles. The van der Waals surface area contributed by atoms with Gasteiger partial charge in [-0.25, -0.2) is 0 Å². The van der Waals surface area contributed by atoms with Gasteiger partial charge in [-0.15, -0.1) is 24.8 Å². The SMILES string of the molecule is CC(=O)OCC1CNCCC1C(=O)O[C@@H]1CN(C)CC[C@@H]1c1c(O)cc(O)c2c(=O)cc(-c3ccccc3Cl)oc12.Cl.Cl. The Morgan fingerprint density at radius 2 is 1.88 bits per heavy atom. The molecule has 10 nitrogen and oxygen atoms in total. The van der Waals surface area contributed by atoms with Crippen LogP contribution < -0.4 is 10.7 Å². The lowest BCUT2D eigenvalue weighted by Crippen LogP contribution is -2.47. The first-order valence-corrected chi connectivity index (χ1v) is 14.0. The second-order valence-corrected chi connectivity index (χ2v) is 11.2. The van der Waals surface area contributed by atoms with E-state index in [1.165, 1.54) is 13.0 Å². The summed E-state index contributed by atoms with van der Waals surface area (Å²) in [7, 11) is 1.91. The van der Waals surface area contributed by atoms with Gasteiger partial charge in [0.05, 0.1) is 17.5 Å². The van der Waals surface area contributed by atoms with Gasteiger partial charge in [0.25, 0.3) is 0 Å². The van der Waals surface area contributed by atoms with Crippen molar-refractivity contribution in [3.63, 3.8) is 0 Å². The number of rotatable bonds is 6. The number of aromatic hydroxyl groups is 2. The van der Waals surface area contributed by atoms with Gasteiger partial charge in [-0.3, -0.25) is 14.4 Å². The van der Waals surface area contributed by atoms with Gasteiger partial charge in [0.1, 0.15) is 34.3 Å². The van der Waals surface area contributed by atoms with Crippen LogP contribution in [0.25, 0.3) is 22.3 Å². The number of phenols is 2. The first kappa shape index (κ1) is 34.5. The number of fused-ring (bicyclic) bond motifs is 1. The summed E-state index contributed by atoms with van der Waals surface area (Å²) in [6.45, 7) is 3.60. The van der Waals surface area contributed by atoms with E-state index in [0.717, 1.165) is 6.07 Å². The molecule has 2 unspecified atom stereocenters. The maximum atomic E-state index is 13.5. The van der Waals surface area contributed by atoms with Crippen LogP contribution in [-0.4, -0.2) is 73.0 Å². The fraction of sp³-hybridized carbons (Fsp3) is 0.433. The Morgan fingerprint density at radius 3 is 2.60 bits per heavy atom. The summed E-state index contributed by atoms with van der Waals surface area (Å²) >= 11 is 6.38. The highest BCUT2D eigenvalue weighted by atomic mass is 35.5. The topological polar surface area (TPSA) is 139 Å². The normalized spacial score (nSPS) is 22.2. The number of phenolic OH excluding ortho intramolecular Hbond substituents is 2. The lowest BCUT2D eigenvalue weighted by molar-refractivity contribution is -0.163. The molecule has 1 aromatic heterocycles. The van der Waals surface area contributed by atoms with Crippen molar-refractivity contribution >= 4 is 59.3 Å². The van der Waals surface area contributed by atoms with Crippen LogP contribution in [0.5, 0.6) is 11.5 Å². The van der Waals surface area contributed by atoms with E-state index in [1.807, 2.05) is 11.9 Å². The van der Waals surface area contributed by atoms with Crippen molar-refractivity contribution in [2.75, 3.05) is 39.8 Å². The van der Waals surface area contributed by atoms with Crippen LogP contribution in [-0.2, 0) is 19.1 Å². The molecule has 4 atom stereocenters. The minimum atomic E-state index is -0.682. The zero-order chi connectivity index (χ0) is 29.3. The molecule has 0 bridgehead atoms. The van der Waals surface area contributed by atoms with E-state index in [0.29, 0.717) is 49.6 Å². The average molecular weight is 658 g/mol. The first-order valence-electron chi connectivity index (χ1n) is 13.6. The number of piperidine rings is 2. The number of halogens is 3. The fourth-order valence-corrected chi connectivity index (χ4v) is 6.09. The van der Waals surface area contributed by atoms with E-state index in [2.05, 4.69) is 5.32 Å². The summed E-state index contributed by atoms with van der Waals surface area (Å²) in [5, 5.41) is 25.3. The van der Waals surface area contributed by atoms with E-state index in [-0.39, 0.29) is 65.4 Å². The Bertz CT molecular complexity index is 1530. The summed E-state index contributed by atoms with van der Waals surface area (Å²) in [6.07, 6.45) is 0.338. The molecule has 0 saturated carbocycles. The molecule has 0 radical (unpaired) electrons. The Labute approximate surface area is 266 Å². The van der Waals surface area contributed by atoms with Crippen molar-refractivity contribution in [2.45, 2.75) is 31.8 Å². The molecule has 2 aliphatic heterocycles. The monoisotopic (exact) mass is 656 g/mol. The zero-order valence-corrected chi connectivity index (χ0v) is 26.1. The van der Waals surface area contributed by atoms with Crippen LogP contribution in [0, 0.1) is 11.8 Å². The Kier molecular flexibility index (Phi) is 11.7. The molecule has 3 heterocycles. The van der Waals surface area contributed by atoms with Gasteiger partial charge >= 0.3 is 11.9 Å². The van der Waals surface area contributed by atoms with Gasteiger partial charge in [0, 0.05) is 55.1 Å². The summed E-state index contributed by atoms with van der Waals surface area (Å²) in [6, 6.07) is 9.28. The number of carbonyl (C=O) groups is 2. The second kappa shape index (κ2) is 14.6. The van der Waals surface area contributed by atoms with E-state index >= 15 is 0 Å². The maximum Gasteiger partial charge on any atom is 0.309 e. The average Bonchev–Trinajstić information content (AvgIpc) is 2.92. The smallest absolute Gasteiger partial charge is 0.309 e. The third kappa shape index (κ3) is 7.38. The molecule has 2 fully saturated rings. The predicted molar refractivity (Wildman–Crippen MR) is 167 cm³/mol. The third-order valence-corrected chi connectivity index (χ3v) is 8.28. The largest absolute Gasteiger partial charge is 0.507 e. The van der Waals surface area contributed by atoms with Gasteiger partial charge in [-0.1, -0.05) is 23.7 Å². The van der Waals surface area contributed by atoms with Gasteiger partial charge < -0.3 is 34.3 Å². The van der Waals surface area contributed by atoms with Gasteiger partial charge in [0.15, 0.2) is 5.43 Å². The Morgan fingerprint density at radius 1 is 1.14 bits per heavy atom. The van der Waals surface area contributed by atoms with Crippen molar-refractivity contribution in [1.82, 2.24) is 10.2 Å². The predicted octanol–water partition coefficient (Wildman–Crippen LogP) is 4.49. The molecule has 2 aromatic carbocycles. The molecule has 13 heteroatoms. The molecule has 5 rings (SSSR count). The van der Waals surface area contributed by atoms with Gasteiger partial charge in [-0.05, 0) is 45.1 Å². The molecule has 0 spiro atoms. The van der Waals surface area contributed by atoms with Gasteiger partial charge in [0.2, 0.25) is 0 Å². The van der Waals surface area contributed by atoms with Crippen molar-refractivity contribution in [1.29, 1.82) is 0 Å². The van der Waals surface area contributed by atoms with Crippen molar-refractivity contribution in [2.24, 2.45) is 11.8 Å². The van der Waals surface area contributed by atoms with E-state index < -0.39 is 41.1 Å². The van der Waals surface area contributed by atoms with Crippen LogP contribution in [0.4, 0.5) is 0 Å². The lowest BCUT2D eigenvalue weighted by atomic mass is 9.84. The second-order valence-electron chi connectivity index (χ2n) is 10.8. The minimum absolute atomic E-state index is 0. The highest BCUT2D eigenvalue weighted by Crippen LogP contribution is 2.44. The summed E-state index contributed by atoms with van der Waals surface area (Å²) < 4.78 is 17.5. The van der Waals surface area contributed by atoms with Crippen LogP contribution in [0.15, 0.2) is 45.6 Å². The summed E-state index contributed by atoms with van der Waals surface area (Å²) in [4.78, 5) is 40.2. The molecular weight excluding hydrogens is 623 g/mol. The molecule has 43 heavy (non-hydrogen) atoms. The fourth-order valence-electron chi connectivity index (χ4n) is 5.86. The Balaban J connectivity index is 0.00000253. The Hall–Kier alpha value is -3.02. The number of nitrogens with one attached hydrogen (secondary N) is 1. The summed E-state index contributed by atoms with van der Waals surface area (Å²) in [5.74, 6) is -2.55. The molecule has 3 N–H and O–H groups in total. The number of esters is 2. The quantitative estimate of drug-likeness (QED) is 0.325. The van der Waals surface area contributed by atoms with Crippen LogP contribution in [0.2, 0.25) is 5.02 Å². The van der Waals surface area contributed by atoms with E-state index in [9.17, 15) is 24.6 Å². The number of hydrogen-bond acceptors (Lipinski definition) is 10. The molecular formula is C30H35Cl3N2O8. The van der Waals surface area contributed by atoms with Crippen molar-refractivity contribution < 1.29 is 33.7 Å². The molecule has 0 amide bonds. The van der Waals surface area contributed by atoms with Crippen LogP contribution in [0.3, 0.4) is 0 Å².